The van der Waals surface area contributed by atoms with Crippen LogP contribution in [0.4, 0.5) is 5.69 Å². The van der Waals surface area contributed by atoms with Gasteiger partial charge in [-0.25, -0.2) is 0 Å². The third kappa shape index (κ3) is 3.27. The summed E-state index contributed by atoms with van der Waals surface area (Å²) in [5.74, 6) is 0.471. The number of carbonyl (C=O) groups is 1. The molecule has 0 saturated carbocycles. The highest BCUT2D eigenvalue weighted by atomic mass is 16.1. The molecule has 1 unspecified atom stereocenters. The first-order valence-corrected chi connectivity index (χ1v) is 7.08. The van der Waals surface area contributed by atoms with Crippen molar-refractivity contribution < 1.29 is 4.79 Å². The second-order valence-electron chi connectivity index (χ2n) is 5.20. The van der Waals surface area contributed by atoms with E-state index in [2.05, 4.69) is 19.2 Å². The number of hydrogen-bond acceptors (Lipinski definition) is 1. The van der Waals surface area contributed by atoms with Crippen LogP contribution in [0.3, 0.4) is 0 Å². The largest absolute Gasteiger partial charge is 0.322 e. The standard InChI is InChI=1S/C18H21NO/c1-4-13(2)15-9-11-16(12-10-15)18(20)19-17-8-6-5-7-14(17)3/h5-13H,4H2,1-3H3,(H,19,20). The van der Waals surface area contributed by atoms with E-state index >= 15 is 0 Å². The zero-order valence-electron chi connectivity index (χ0n) is 12.3. The first kappa shape index (κ1) is 14.3. The zero-order chi connectivity index (χ0) is 14.5. The molecule has 0 bridgehead atoms. The van der Waals surface area contributed by atoms with E-state index in [9.17, 15) is 4.79 Å². The van der Waals surface area contributed by atoms with Crippen molar-refractivity contribution in [1.82, 2.24) is 0 Å². The molecule has 2 rings (SSSR count). The summed E-state index contributed by atoms with van der Waals surface area (Å²) in [7, 11) is 0. The van der Waals surface area contributed by atoms with Crippen molar-refractivity contribution in [2.75, 3.05) is 5.32 Å². The smallest absolute Gasteiger partial charge is 0.255 e. The number of aryl methyl sites for hydroxylation is 1. The summed E-state index contributed by atoms with van der Waals surface area (Å²) in [6.07, 6.45) is 1.11. The van der Waals surface area contributed by atoms with Crippen LogP contribution in [0.5, 0.6) is 0 Å². The maximum Gasteiger partial charge on any atom is 0.255 e. The molecule has 2 aromatic carbocycles. The Kier molecular flexibility index (Phi) is 4.57. The van der Waals surface area contributed by atoms with Crippen LogP contribution < -0.4 is 5.32 Å². The van der Waals surface area contributed by atoms with Crippen molar-refractivity contribution in [2.45, 2.75) is 33.1 Å². The average Bonchev–Trinajstić information content (AvgIpc) is 2.49. The fourth-order valence-electron chi connectivity index (χ4n) is 2.11. The van der Waals surface area contributed by atoms with E-state index < -0.39 is 0 Å². The number of amides is 1. The maximum absolute atomic E-state index is 12.2. The summed E-state index contributed by atoms with van der Waals surface area (Å²) in [5, 5.41) is 2.95. The highest BCUT2D eigenvalue weighted by Gasteiger charge is 2.08. The van der Waals surface area contributed by atoms with Crippen LogP contribution in [0.1, 0.15) is 47.7 Å². The van der Waals surface area contributed by atoms with Crippen LogP contribution in [0.15, 0.2) is 48.5 Å². The van der Waals surface area contributed by atoms with Gasteiger partial charge in [0.15, 0.2) is 0 Å². The van der Waals surface area contributed by atoms with E-state index in [-0.39, 0.29) is 5.91 Å². The van der Waals surface area contributed by atoms with Gasteiger partial charge in [0.2, 0.25) is 0 Å². The van der Waals surface area contributed by atoms with Crippen molar-refractivity contribution in [2.24, 2.45) is 0 Å². The van der Waals surface area contributed by atoms with Gasteiger partial charge < -0.3 is 5.32 Å². The molecule has 0 radical (unpaired) electrons. The van der Waals surface area contributed by atoms with E-state index in [1.54, 1.807) is 0 Å². The molecular weight excluding hydrogens is 246 g/mol. The molecular formula is C18H21NO. The Hall–Kier alpha value is -2.09. The number of benzene rings is 2. The molecule has 2 aromatic rings. The molecule has 1 N–H and O–H groups in total. The Bertz CT molecular complexity index is 587. The fourth-order valence-corrected chi connectivity index (χ4v) is 2.11. The Morgan fingerprint density at radius 3 is 2.35 bits per heavy atom. The number of rotatable bonds is 4. The molecule has 2 heteroatoms. The lowest BCUT2D eigenvalue weighted by Crippen LogP contribution is -2.12. The van der Waals surface area contributed by atoms with Crippen molar-refractivity contribution in [1.29, 1.82) is 0 Å². The van der Waals surface area contributed by atoms with Crippen molar-refractivity contribution in [3.05, 3.63) is 65.2 Å². The summed E-state index contributed by atoms with van der Waals surface area (Å²) >= 11 is 0. The van der Waals surface area contributed by atoms with Gasteiger partial charge >= 0.3 is 0 Å². The third-order valence-electron chi connectivity index (χ3n) is 3.75. The number of nitrogens with one attached hydrogen (secondary N) is 1. The van der Waals surface area contributed by atoms with Crippen molar-refractivity contribution in [3.8, 4) is 0 Å². The quantitative estimate of drug-likeness (QED) is 0.850. The molecule has 0 aliphatic rings. The molecule has 1 atom stereocenters. The lowest BCUT2D eigenvalue weighted by Gasteiger charge is -2.11. The molecule has 0 aliphatic carbocycles. The molecule has 0 aromatic heterocycles. The minimum Gasteiger partial charge on any atom is -0.322 e. The van der Waals surface area contributed by atoms with Gasteiger partial charge in [0.1, 0.15) is 0 Å². The molecule has 0 spiro atoms. The predicted molar refractivity (Wildman–Crippen MR) is 84.3 cm³/mol. The lowest BCUT2D eigenvalue weighted by atomic mass is 9.97. The van der Waals surface area contributed by atoms with Gasteiger partial charge in [-0.1, -0.05) is 44.2 Å². The average molecular weight is 267 g/mol. The van der Waals surface area contributed by atoms with E-state index in [0.29, 0.717) is 11.5 Å². The Labute approximate surface area is 120 Å². The van der Waals surface area contributed by atoms with Gasteiger partial charge in [-0.2, -0.15) is 0 Å². The van der Waals surface area contributed by atoms with Gasteiger partial charge in [0, 0.05) is 11.3 Å². The van der Waals surface area contributed by atoms with E-state index in [1.165, 1.54) is 5.56 Å². The van der Waals surface area contributed by atoms with Crippen LogP contribution in [0, 0.1) is 6.92 Å². The Morgan fingerprint density at radius 1 is 1.10 bits per heavy atom. The highest BCUT2D eigenvalue weighted by Crippen LogP contribution is 2.20. The van der Waals surface area contributed by atoms with E-state index in [1.807, 2.05) is 55.5 Å². The summed E-state index contributed by atoms with van der Waals surface area (Å²) in [4.78, 5) is 12.2. The SMILES string of the molecule is CCC(C)c1ccc(C(=O)Nc2ccccc2C)cc1. The highest BCUT2D eigenvalue weighted by molar-refractivity contribution is 6.04. The van der Waals surface area contributed by atoms with Crippen molar-refractivity contribution in [3.63, 3.8) is 0 Å². The molecule has 2 nitrogen and oxygen atoms in total. The summed E-state index contributed by atoms with van der Waals surface area (Å²) in [5.41, 5.74) is 3.90. The van der Waals surface area contributed by atoms with Gasteiger partial charge in [-0.05, 0) is 48.6 Å². The minimum atomic E-state index is -0.0602. The zero-order valence-corrected chi connectivity index (χ0v) is 12.3. The monoisotopic (exact) mass is 267 g/mol. The second kappa shape index (κ2) is 6.38. The Morgan fingerprint density at radius 2 is 1.75 bits per heavy atom. The van der Waals surface area contributed by atoms with Crippen LogP contribution in [0.2, 0.25) is 0 Å². The molecule has 20 heavy (non-hydrogen) atoms. The van der Waals surface area contributed by atoms with Gasteiger partial charge in [0.05, 0.1) is 0 Å². The third-order valence-corrected chi connectivity index (χ3v) is 3.75. The fraction of sp³-hybridized carbons (Fsp3) is 0.278. The second-order valence-corrected chi connectivity index (χ2v) is 5.20. The molecule has 1 amide bonds. The van der Waals surface area contributed by atoms with Gasteiger partial charge in [0.25, 0.3) is 5.91 Å². The van der Waals surface area contributed by atoms with Gasteiger partial charge in [-0.15, -0.1) is 0 Å². The van der Waals surface area contributed by atoms with Crippen LogP contribution in [-0.4, -0.2) is 5.91 Å². The van der Waals surface area contributed by atoms with E-state index in [0.717, 1.165) is 17.7 Å². The molecule has 0 heterocycles. The minimum absolute atomic E-state index is 0.0602. The lowest BCUT2D eigenvalue weighted by molar-refractivity contribution is 0.102. The van der Waals surface area contributed by atoms with Crippen LogP contribution in [-0.2, 0) is 0 Å². The number of para-hydroxylation sites is 1. The predicted octanol–water partition coefficient (Wildman–Crippen LogP) is 4.76. The number of anilines is 1. The number of hydrogen-bond donors (Lipinski definition) is 1. The van der Waals surface area contributed by atoms with Crippen LogP contribution >= 0.6 is 0 Å². The molecule has 0 saturated heterocycles. The summed E-state index contributed by atoms with van der Waals surface area (Å²) in [6.45, 7) is 6.35. The molecule has 0 aliphatic heterocycles. The van der Waals surface area contributed by atoms with Crippen molar-refractivity contribution >= 4 is 11.6 Å². The molecule has 104 valence electrons. The first-order valence-electron chi connectivity index (χ1n) is 7.08. The topological polar surface area (TPSA) is 29.1 Å². The number of carbonyl (C=O) groups excluding carboxylic acids is 1. The van der Waals surface area contributed by atoms with E-state index in [4.69, 9.17) is 0 Å². The normalized spacial score (nSPS) is 11.9. The summed E-state index contributed by atoms with van der Waals surface area (Å²) in [6, 6.07) is 15.7. The van der Waals surface area contributed by atoms with Crippen LogP contribution in [0.25, 0.3) is 0 Å². The van der Waals surface area contributed by atoms with Gasteiger partial charge in [-0.3, -0.25) is 4.79 Å². The maximum atomic E-state index is 12.2. The Balaban J connectivity index is 2.12. The first-order chi connectivity index (χ1) is 9.61. The summed E-state index contributed by atoms with van der Waals surface area (Å²) < 4.78 is 0. The molecule has 0 fully saturated rings.